The van der Waals surface area contributed by atoms with Gasteiger partial charge in [-0.1, -0.05) is 16.6 Å². The van der Waals surface area contributed by atoms with Gasteiger partial charge in [0.1, 0.15) is 11.0 Å². The first-order chi connectivity index (χ1) is 8.92. The van der Waals surface area contributed by atoms with E-state index in [0.717, 1.165) is 21.3 Å². The molecule has 0 bridgehead atoms. The molecule has 2 aromatic carbocycles. The lowest BCUT2D eigenvalue weighted by Crippen LogP contribution is -1.81. The molecule has 4 rings (SSSR count). The molecule has 0 amide bonds. The highest BCUT2D eigenvalue weighted by atomic mass is 32.1. The summed E-state index contributed by atoms with van der Waals surface area (Å²) in [5.74, 6) is 0. The van der Waals surface area contributed by atoms with Crippen molar-refractivity contribution in [1.29, 1.82) is 0 Å². The molecule has 2 heterocycles. The Kier molecular flexibility index (Phi) is 1.92. The Morgan fingerprint density at radius 3 is 3.11 bits per heavy atom. The first kappa shape index (κ1) is 9.67. The summed E-state index contributed by atoms with van der Waals surface area (Å²) < 4.78 is 9.99. The van der Waals surface area contributed by atoms with Gasteiger partial charge in [0, 0.05) is 16.9 Å². The SMILES string of the molecule is [c]1c(-c2cccc3snnc23)ccc2onnc12. The zero-order valence-corrected chi connectivity index (χ0v) is 9.81. The van der Waals surface area contributed by atoms with E-state index in [2.05, 4.69) is 26.0 Å². The predicted octanol–water partition coefficient (Wildman–Crippen LogP) is 2.69. The largest absolute Gasteiger partial charge is 0.337 e. The van der Waals surface area contributed by atoms with Crippen LogP contribution in [0, 0.1) is 6.07 Å². The van der Waals surface area contributed by atoms with E-state index >= 15 is 0 Å². The van der Waals surface area contributed by atoms with Gasteiger partial charge in [0.25, 0.3) is 0 Å². The van der Waals surface area contributed by atoms with Crippen molar-refractivity contribution in [3.05, 3.63) is 36.4 Å². The molecule has 4 aromatic rings. The fraction of sp³-hybridized carbons (Fsp3) is 0. The standard InChI is InChI=1S/C12H5N4OS/c1-2-8(12-11(3-1)18-16-14-12)7-4-5-10-9(6-7)13-15-17-10/h1-5H. The summed E-state index contributed by atoms with van der Waals surface area (Å²) in [6.45, 7) is 0. The van der Waals surface area contributed by atoms with Crippen LogP contribution < -0.4 is 0 Å². The number of aromatic nitrogens is 4. The number of hydrogen-bond donors (Lipinski definition) is 0. The maximum absolute atomic E-state index is 4.96. The number of rotatable bonds is 1. The van der Waals surface area contributed by atoms with E-state index in [1.807, 2.05) is 30.3 Å². The summed E-state index contributed by atoms with van der Waals surface area (Å²) in [5.41, 5.74) is 4.03. The van der Waals surface area contributed by atoms with Crippen molar-refractivity contribution < 1.29 is 4.52 Å². The number of fused-ring (bicyclic) bond motifs is 2. The molecule has 0 aliphatic carbocycles. The van der Waals surface area contributed by atoms with Crippen molar-refractivity contribution in [2.24, 2.45) is 0 Å². The smallest absolute Gasteiger partial charge is 0.188 e. The highest BCUT2D eigenvalue weighted by Crippen LogP contribution is 2.29. The molecule has 0 spiro atoms. The molecule has 0 aliphatic rings. The maximum Gasteiger partial charge on any atom is 0.188 e. The van der Waals surface area contributed by atoms with Crippen LogP contribution in [0.1, 0.15) is 0 Å². The molecule has 18 heavy (non-hydrogen) atoms. The summed E-state index contributed by atoms with van der Waals surface area (Å²) in [4.78, 5) is 0. The van der Waals surface area contributed by atoms with Gasteiger partial charge >= 0.3 is 0 Å². The molecule has 0 saturated heterocycles. The van der Waals surface area contributed by atoms with E-state index < -0.39 is 0 Å². The second kappa shape index (κ2) is 3.58. The Labute approximate surface area is 105 Å². The van der Waals surface area contributed by atoms with Crippen LogP contribution in [0.4, 0.5) is 0 Å². The van der Waals surface area contributed by atoms with Gasteiger partial charge in [0.2, 0.25) is 0 Å². The van der Waals surface area contributed by atoms with Gasteiger partial charge in [0.15, 0.2) is 5.58 Å². The van der Waals surface area contributed by atoms with Gasteiger partial charge in [0.05, 0.1) is 4.70 Å². The lowest BCUT2D eigenvalue weighted by molar-refractivity contribution is 0.424. The van der Waals surface area contributed by atoms with E-state index in [-0.39, 0.29) is 0 Å². The van der Waals surface area contributed by atoms with Crippen molar-refractivity contribution in [1.82, 2.24) is 20.0 Å². The fourth-order valence-electron chi connectivity index (χ4n) is 1.90. The normalized spacial score (nSPS) is 11.3. The molecule has 85 valence electrons. The zero-order chi connectivity index (χ0) is 11.9. The summed E-state index contributed by atoms with van der Waals surface area (Å²) in [5, 5.41) is 11.5. The molecule has 0 atom stereocenters. The van der Waals surface area contributed by atoms with Gasteiger partial charge in [-0.3, -0.25) is 0 Å². The quantitative estimate of drug-likeness (QED) is 0.522. The third-order valence-electron chi connectivity index (χ3n) is 2.74. The second-order valence-electron chi connectivity index (χ2n) is 3.78. The van der Waals surface area contributed by atoms with Gasteiger partial charge < -0.3 is 4.52 Å². The zero-order valence-electron chi connectivity index (χ0n) is 8.99. The fourth-order valence-corrected chi connectivity index (χ4v) is 2.49. The lowest BCUT2D eigenvalue weighted by atomic mass is 10.0. The highest BCUT2D eigenvalue weighted by Gasteiger charge is 2.09. The van der Waals surface area contributed by atoms with Crippen molar-refractivity contribution in [3.8, 4) is 11.1 Å². The average molecular weight is 253 g/mol. The lowest BCUT2D eigenvalue weighted by Gasteiger charge is -2.00. The van der Waals surface area contributed by atoms with Crippen LogP contribution in [0.2, 0.25) is 0 Å². The molecule has 1 radical (unpaired) electrons. The van der Waals surface area contributed by atoms with Gasteiger partial charge in [-0.25, -0.2) is 0 Å². The van der Waals surface area contributed by atoms with Gasteiger partial charge in [-0.15, -0.1) is 10.2 Å². The number of hydrogen-bond acceptors (Lipinski definition) is 6. The molecular formula is C12H5N4OS. The van der Waals surface area contributed by atoms with E-state index in [0.29, 0.717) is 11.1 Å². The van der Waals surface area contributed by atoms with E-state index in [9.17, 15) is 0 Å². The monoisotopic (exact) mass is 253 g/mol. The topological polar surface area (TPSA) is 64.7 Å². The molecule has 2 aromatic heterocycles. The minimum atomic E-state index is 0.618. The van der Waals surface area contributed by atoms with Crippen molar-refractivity contribution in [2.75, 3.05) is 0 Å². The third-order valence-corrected chi connectivity index (χ3v) is 3.43. The first-order valence-corrected chi connectivity index (χ1v) is 6.05. The maximum atomic E-state index is 4.96. The molecular weight excluding hydrogens is 248 g/mol. The van der Waals surface area contributed by atoms with Crippen LogP contribution in [0.3, 0.4) is 0 Å². The Hall–Kier alpha value is -2.34. The first-order valence-electron chi connectivity index (χ1n) is 5.28. The summed E-state index contributed by atoms with van der Waals surface area (Å²) in [6.07, 6.45) is 0. The second-order valence-corrected chi connectivity index (χ2v) is 4.57. The molecule has 5 nitrogen and oxygen atoms in total. The molecule has 0 aliphatic heterocycles. The molecule has 0 fully saturated rings. The van der Waals surface area contributed by atoms with Gasteiger partial charge in [-0.05, 0) is 35.3 Å². The molecule has 6 heteroatoms. The van der Waals surface area contributed by atoms with Crippen molar-refractivity contribution in [3.63, 3.8) is 0 Å². The Balaban J connectivity index is 2.03. The summed E-state index contributed by atoms with van der Waals surface area (Å²) in [6, 6.07) is 12.9. The molecule has 0 unspecified atom stereocenters. The molecule has 0 saturated carbocycles. The van der Waals surface area contributed by atoms with Crippen molar-refractivity contribution in [2.45, 2.75) is 0 Å². The van der Waals surface area contributed by atoms with E-state index in [1.165, 1.54) is 11.5 Å². The highest BCUT2D eigenvalue weighted by molar-refractivity contribution is 7.13. The minimum Gasteiger partial charge on any atom is -0.337 e. The van der Waals surface area contributed by atoms with Crippen LogP contribution in [-0.4, -0.2) is 20.0 Å². The van der Waals surface area contributed by atoms with Crippen LogP contribution in [0.5, 0.6) is 0 Å². The number of benzene rings is 2. The van der Waals surface area contributed by atoms with Crippen LogP contribution in [-0.2, 0) is 0 Å². The van der Waals surface area contributed by atoms with Crippen LogP contribution >= 0.6 is 11.5 Å². The predicted molar refractivity (Wildman–Crippen MR) is 67.0 cm³/mol. The molecule has 0 N–H and O–H groups in total. The average Bonchev–Trinajstić information content (AvgIpc) is 3.05. The Bertz CT molecular complexity index is 851. The summed E-state index contributed by atoms with van der Waals surface area (Å²) >= 11 is 1.38. The van der Waals surface area contributed by atoms with Gasteiger partial charge in [-0.2, -0.15) is 0 Å². The van der Waals surface area contributed by atoms with Crippen LogP contribution in [0.25, 0.3) is 32.4 Å². The van der Waals surface area contributed by atoms with E-state index in [1.54, 1.807) is 0 Å². The Morgan fingerprint density at radius 2 is 2.11 bits per heavy atom. The van der Waals surface area contributed by atoms with Crippen molar-refractivity contribution >= 4 is 32.8 Å². The minimum absolute atomic E-state index is 0.618. The third kappa shape index (κ3) is 1.32. The van der Waals surface area contributed by atoms with Crippen LogP contribution in [0.15, 0.2) is 34.9 Å². The Morgan fingerprint density at radius 1 is 1.11 bits per heavy atom. The number of nitrogens with zero attached hydrogens (tertiary/aromatic N) is 4. The summed E-state index contributed by atoms with van der Waals surface area (Å²) in [7, 11) is 0. The van der Waals surface area contributed by atoms with E-state index in [4.69, 9.17) is 4.52 Å².